The molecule has 6 nitrogen and oxygen atoms in total. The van der Waals surface area contributed by atoms with E-state index in [-0.39, 0.29) is 5.69 Å². The smallest absolute Gasteiger partial charge is 0.358 e. The minimum Gasteiger partial charge on any atom is -0.476 e. The summed E-state index contributed by atoms with van der Waals surface area (Å²) in [6.45, 7) is 0.415. The highest BCUT2D eigenvalue weighted by atomic mass is 16.4. The van der Waals surface area contributed by atoms with E-state index < -0.39 is 5.97 Å². The summed E-state index contributed by atoms with van der Waals surface area (Å²) >= 11 is 0. The fourth-order valence-electron chi connectivity index (χ4n) is 2.11. The molecule has 2 aromatic heterocycles. The van der Waals surface area contributed by atoms with Crippen LogP contribution in [0.4, 0.5) is 0 Å². The third kappa shape index (κ3) is 2.64. The Morgan fingerprint density at radius 1 is 1.14 bits per heavy atom. The lowest BCUT2D eigenvalue weighted by molar-refractivity contribution is 0.0691. The molecule has 0 aliphatic carbocycles. The van der Waals surface area contributed by atoms with Gasteiger partial charge in [0.2, 0.25) is 0 Å². The summed E-state index contributed by atoms with van der Waals surface area (Å²) in [7, 11) is 0. The van der Waals surface area contributed by atoms with Crippen molar-refractivity contribution in [3.8, 4) is 11.3 Å². The van der Waals surface area contributed by atoms with Crippen molar-refractivity contribution in [3.63, 3.8) is 0 Å². The monoisotopic (exact) mass is 280 g/mol. The molecule has 0 atom stereocenters. The SMILES string of the molecule is O=C(O)c1nnn(Cc2cccnc2)c1-c1ccccc1. The minimum absolute atomic E-state index is 0.0508. The molecule has 3 rings (SSSR count). The number of benzene rings is 1. The first-order chi connectivity index (χ1) is 10.3. The Bertz CT molecular complexity index is 754. The average Bonchev–Trinajstić information content (AvgIpc) is 2.93. The summed E-state index contributed by atoms with van der Waals surface area (Å²) in [4.78, 5) is 15.4. The molecule has 1 aromatic carbocycles. The predicted octanol–water partition coefficient (Wildman–Crippen LogP) is 2.09. The molecular weight excluding hydrogens is 268 g/mol. The largest absolute Gasteiger partial charge is 0.476 e. The van der Waals surface area contributed by atoms with Gasteiger partial charge in [0, 0.05) is 18.0 Å². The molecule has 0 unspecified atom stereocenters. The molecule has 3 aromatic rings. The topological polar surface area (TPSA) is 80.9 Å². The quantitative estimate of drug-likeness (QED) is 0.791. The van der Waals surface area contributed by atoms with Crippen LogP contribution >= 0.6 is 0 Å². The van der Waals surface area contributed by atoms with Crippen LogP contribution in [0.1, 0.15) is 16.1 Å². The Balaban J connectivity index is 2.07. The van der Waals surface area contributed by atoms with Crippen molar-refractivity contribution >= 4 is 5.97 Å². The Hall–Kier alpha value is -3.02. The van der Waals surface area contributed by atoms with Crippen LogP contribution in [0.5, 0.6) is 0 Å². The maximum atomic E-state index is 11.3. The summed E-state index contributed by atoms with van der Waals surface area (Å²) < 4.78 is 1.58. The third-order valence-electron chi connectivity index (χ3n) is 3.04. The molecule has 0 saturated heterocycles. The number of aromatic carboxylic acids is 1. The van der Waals surface area contributed by atoms with Gasteiger partial charge in [0.05, 0.1) is 6.54 Å². The van der Waals surface area contributed by atoms with E-state index in [0.717, 1.165) is 11.1 Å². The average molecular weight is 280 g/mol. The van der Waals surface area contributed by atoms with Gasteiger partial charge in [-0.3, -0.25) is 4.98 Å². The lowest BCUT2D eigenvalue weighted by Crippen LogP contribution is -2.06. The van der Waals surface area contributed by atoms with Gasteiger partial charge in [0.25, 0.3) is 0 Å². The molecule has 6 heteroatoms. The van der Waals surface area contributed by atoms with Gasteiger partial charge in [0.1, 0.15) is 5.69 Å². The molecule has 0 radical (unpaired) electrons. The lowest BCUT2D eigenvalue weighted by Gasteiger charge is -2.07. The minimum atomic E-state index is -1.09. The molecular formula is C15H12N4O2. The first kappa shape index (κ1) is 13.0. The number of carbonyl (C=O) groups is 1. The van der Waals surface area contributed by atoms with Crippen molar-refractivity contribution in [2.45, 2.75) is 6.54 Å². The van der Waals surface area contributed by atoms with E-state index in [1.165, 1.54) is 0 Å². The molecule has 0 spiro atoms. The van der Waals surface area contributed by atoms with Gasteiger partial charge in [-0.15, -0.1) is 5.10 Å². The van der Waals surface area contributed by atoms with Gasteiger partial charge >= 0.3 is 5.97 Å². The molecule has 0 bridgehead atoms. The summed E-state index contributed by atoms with van der Waals surface area (Å²) in [5.41, 5.74) is 2.14. The summed E-state index contributed by atoms with van der Waals surface area (Å²) in [5, 5.41) is 17.0. The van der Waals surface area contributed by atoms with Crippen LogP contribution in [0.25, 0.3) is 11.3 Å². The van der Waals surface area contributed by atoms with Crippen LogP contribution in [0.2, 0.25) is 0 Å². The maximum absolute atomic E-state index is 11.3. The number of hydrogen-bond donors (Lipinski definition) is 1. The van der Waals surface area contributed by atoms with E-state index in [0.29, 0.717) is 12.2 Å². The highest BCUT2D eigenvalue weighted by Gasteiger charge is 2.20. The normalized spacial score (nSPS) is 10.5. The number of carboxylic acids is 1. The van der Waals surface area contributed by atoms with Crippen LogP contribution in [-0.2, 0) is 6.54 Å². The molecule has 104 valence electrons. The number of hydrogen-bond acceptors (Lipinski definition) is 4. The molecule has 0 fully saturated rings. The number of pyridine rings is 1. The standard InChI is InChI=1S/C15H12N4O2/c20-15(21)13-14(12-6-2-1-3-7-12)19(18-17-13)10-11-5-4-8-16-9-11/h1-9H,10H2,(H,20,21). The Morgan fingerprint density at radius 3 is 2.62 bits per heavy atom. The predicted molar refractivity (Wildman–Crippen MR) is 75.8 cm³/mol. The van der Waals surface area contributed by atoms with Gasteiger partial charge in [0.15, 0.2) is 5.69 Å². The van der Waals surface area contributed by atoms with Crippen molar-refractivity contribution in [2.24, 2.45) is 0 Å². The highest BCUT2D eigenvalue weighted by molar-refractivity contribution is 5.92. The van der Waals surface area contributed by atoms with Crippen molar-refractivity contribution in [2.75, 3.05) is 0 Å². The second-order valence-corrected chi connectivity index (χ2v) is 4.48. The molecule has 0 amide bonds. The van der Waals surface area contributed by atoms with Gasteiger partial charge < -0.3 is 5.11 Å². The molecule has 2 heterocycles. The van der Waals surface area contributed by atoms with Crippen molar-refractivity contribution in [1.82, 2.24) is 20.0 Å². The van der Waals surface area contributed by atoms with E-state index in [9.17, 15) is 9.90 Å². The second-order valence-electron chi connectivity index (χ2n) is 4.48. The molecule has 0 saturated carbocycles. The van der Waals surface area contributed by atoms with Gasteiger partial charge in [-0.2, -0.15) is 0 Å². The van der Waals surface area contributed by atoms with E-state index in [1.54, 1.807) is 17.1 Å². The van der Waals surface area contributed by atoms with Crippen LogP contribution in [0.15, 0.2) is 54.9 Å². The molecule has 21 heavy (non-hydrogen) atoms. The van der Waals surface area contributed by atoms with E-state index in [2.05, 4.69) is 15.3 Å². The second kappa shape index (κ2) is 5.54. The van der Waals surface area contributed by atoms with Crippen LogP contribution < -0.4 is 0 Å². The fraction of sp³-hybridized carbons (Fsp3) is 0.0667. The first-order valence-corrected chi connectivity index (χ1v) is 6.37. The lowest BCUT2D eigenvalue weighted by atomic mass is 10.1. The van der Waals surface area contributed by atoms with Crippen molar-refractivity contribution in [3.05, 3.63) is 66.1 Å². The van der Waals surface area contributed by atoms with Gasteiger partial charge in [-0.25, -0.2) is 9.48 Å². The number of aromatic nitrogens is 4. The van der Waals surface area contributed by atoms with E-state index in [1.807, 2.05) is 42.5 Å². The zero-order chi connectivity index (χ0) is 14.7. The fourth-order valence-corrected chi connectivity index (χ4v) is 2.11. The zero-order valence-corrected chi connectivity index (χ0v) is 11.0. The van der Waals surface area contributed by atoms with Crippen LogP contribution in [0, 0.1) is 0 Å². The van der Waals surface area contributed by atoms with Gasteiger partial charge in [-0.05, 0) is 11.6 Å². The molecule has 0 aliphatic rings. The Kier molecular flexibility index (Phi) is 3.42. The number of carboxylic acid groups (broad SMARTS) is 1. The molecule has 0 aliphatic heterocycles. The van der Waals surface area contributed by atoms with E-state index >= 15 is 0 Å². The summed E-state index contributed by atoms with van der Waals surface area (Å²) in [6.07, 6.45) is 3.41. The third-order valence-corrected chi connectivity index (χ3v) is 3.04. The Morgan fingerprint density at radius 2 is 1.95 bits per heavy atom. The Labute approximate surface area is 120 Å². The molecule has 1 N–H and O–H groups in total. The van der Waals surface area contributed by atoms with Crippen molar-refractivity contribution in [1.29, 1.82) is 0 Å². The number of nitrogens with zero attached hydrogens (tertiary/aromatic N) is 4. The van der Waals surface area contributed by atoms with Gasteiger partial charge in [-0.1, -0.05) is 41.6 Å². The zero-order valence-electron chi connectivity index (χ0n) is 11.0. The first-order valence-electron chi connectivity index (χ1n) is 6.37. The van der Waals surface area contributed by atoms with Crippen LogP contribution in [-0.4, -0.2) is 31.1 Å². The number of rotatable bonds is 4. The maximum Gasteiger partial charge on any atom is 0.358 e. The highest BCUT2D eigenvalue weighted by Crippen LogP contribution is 2.22. The van der Waals surface area contributed by atoms with Crippen molar-refractivity contribution < 1.29 is 9.90 Å². The van der Waals surface area contributed by atoms with Crippen LogP contribution in [0.3, 0.4) is 0 Å². The van der Waals surface area contributed by atoms with E-state index in [4.69, 9.17) is 0 Å². The summed E-state index contributed by atoms with van der Waals surface area (Å²) in [5.74, 6) is -1.09. The summed E-state index contributed by atoms with van der Waals surface area (Å²) in [6, 6.07) is 13.0.